The van der Waals surface area contributed by atoms with Crippen molar-refractivity contribution in [2.24, 2.45) is 0 Å². The number of nitrogens with zero attached hydrogens (tertiary/aromatic N) is 2. The Hall–Kier alpha value is -0.120. The standard InChI is InChI=1S/C15H29N3/c1-2-6-14(5-1)16-8-4-9-17-11-12-18-10-3-7-15(18)13-17/h14-16H,1-13H2. The van der Waals surface area contributed by atoms with Crippen LogP contribution >= 0.6 is 0 Å². The highest BCUT2D eigenvalue weighted by atomic mass is 15.3. The molecule has 1 atom stereocenters. The van der Waals surface area contributed by atoms with Crippen LogP contribution in [0.15, 0.2) is 0 Å². The smallest absolute Gasteiger partial charge is 0.0224 e. The quantitative estimate of drug-likeness (QED) is 0.750. The van der Waals surface area contributed by atoms with Gasteiger partial charge in [-0.3, -0.25) is 4.90 Å². The van der Waals surface area contributed by atoms with Crippen LogP contribution in [-0.2, 0) is 0 Å². The Morgan fingerprint density at radius 1 is 0.944 bits per heavy atom. The summed E-state index contributed by atoms with van der Waals surface area (Å²) in [5, 5.41) is 3.73. The normalized spacial score (nSPS) is 31.0. The van der Waals surface area contributed by atoms with Gasteiger partial charge < -0.3 is 10.2 Å². The summed E-state index contributed by atoms with van der Waals surface area (Å²) >= 11 is 0. The van der Waals surface area contributed by atoms with Crippen molar-refractivity contribution in [3.8, 4) is 0 Å². The van der Waals surface area contributed by atoms with E-state index in [1.165, 1.54) is 84.2 Å². The minimum absolute atomic E-state index is 0.844. The van der Waals surface area contributed by atoms with Gasteiger partial charge in [0.05, 0.1) is 0 Å². The predicted octanol–water partition coefficient (Wildman–Crippen LogP) is 1.69. The molecule has 0 amide bonds. The van der Waals surface area contributed by atoms with Gasteiger partial charge in [0.1, 0.15) is 0 Å². The first kappa shape index (κ1) is 12.9. The minimum Gasteiger partial charge on any atom is -0.314 e. The minimum atomic E-state index is 0.844. The maximum atomic E-state index is 3.73. The van der Waals surface area contributed by atoms with E-state index >= 15 is 0 Å². The average molecular weight is 251 g/mol. The van der Waals surface area contributed by atoms with Crippen molar-refractivity contribution >= 4 is 0 Å². The van der Waals surface area contributed by atoms with E-state index in [1.807, 2.05) is 0 Å². The van der Waals surface area contributed by atoms with Gasteiger partial charge in [-0.15, -0.1) is 0 Å². The second kappa shape index (κ2) is 6.36. The highest BCUT2D eigenvalue weighted by Crippen LogP contribution is 2.21. The molecule has 2 aliphatic heterocycles. The third-order valence-corrected chi connectivity index (χ3v) is 5.11. The van der Waals surface area contributed by atoms with Crippen molar-refractivity contribution in [1.82, 2.24) is 15.1 Å². The zero-order chi connectivity index (χ0) is 12.2. The summed E-state index contributed by atoms with van der Waals surface area (Å²) in [4.78, 5) is 5.40. The van der Waals surface area contributed by atoms with E-state index in [0.29, 0.717) is 0 Å². The van der Waals surface area contributed by atoms with E-state index in [0.717, 1.165) is 12.1 Å². The van der Waals surface area contributed by atoms with Crippen LogP contribution in [0.5, 0.6) is 0 Å². The second-order valence-electron chi connectivity index (χ2n) is 6.42. The highest BCUT2D eigenvalue weighted by molar-refractivity contribution is 4.86. The molecule has 3 nitrogen and oxygen atoms in total. The first-order valence-corrected chi connectivity index (χ1v) is 8.11. The molecule has 104 valence electrons. The Balaban J connectivity index is 1.29. The Bertz CT molecular complexity index is 250. The van der Waals surface area contributed by atoms with Crippen LogP contribution in [0.25, 0.3) is 0 Å². The van der Waals surface area contributed by atoms with Crippen LogP contribution in [0.4, 0.5) is 0 Å². The van der Waals surface area contributed by atoms with E-state index in [-0.39, 0.29) is 0 Å². The van der Waals surface area contributed by atoms with Crippen molar-refractivity contribution in [2.75, 3.05) is 39.3 Å². The number of hydrogen-bond donors (Lipinski definition) is 1. The summed E-state index contributed by atoms with van der Waals surface area (Å²) in [5.74, 6) is 0. The predicted molar refractivity (Wildman–Crippen MR) is 75.9 cm³/mol. The van der Waals surface area contributed by atoms with Gasteiger partial charge in [0, 0.05) is 31.7 Å². The molecule has 3 rings (SSSR count). The molecule has 0 bridgehead atoms. The molecule has 0 aromatic rings. The first-order valence-electron chi connectivity index (χ1n) is 8.11. The summed E-state index contributed by atoms with van der Waals surface area (Å²) in [6, 6.07) is 1.73. The SMILES string of the molecule is C1CCC(NCCCN2CCN3CCCC3C2)C1. The maximum absolute atomic E-state index is 3.73. The summed E-state index contributed by atoms with van der Waals surface area (Å²) in [7, 11) is 0. The molecule has 3 fully saturated rings. The topological polar surface area (TPSA) is 18.5 Å². The fraction of sp³-hybridized carbons (Fsp3) is 1.00. The molecule has 0 spiro atoms. The van der Waals surface area contributed by atoms with Gasteiger partial charge >= 0.3 is 0 Å². The lowest BCUT2D eigenvalue weighted by molar-refractivity contribution is 0.103. The molecule has 0 aromatic carbocycles. The average Bonchev–Trinajstić information content (AvgIpc) is 3.05. The van der Waals surface area contributed by atoms with E-state index in [2.05, 4.69) is 15.1 Å². The Labute approximate surface area is 112 Å². The Morgan fingerprint density at radius 3 is 2.72 bits per heavy atom. The van der Waals surface area contributed by atoms with Gasteiger partial charge in [0.25, 0.3) is 0 Å². The number of hydrogen-bond acceptors (Lipinski definition) is 3. The van der Waals surface area contributed by atoms with Gasteiger partial charge in [0.15, 0.2) is 0 Å². The van der Waals surface area contributed by atoms with E-state index < -0.39 is 0 Å². The zero-order valence-electron chi connectivity index (χ0n) is 11.7. The van der Waals surface area contributed by atoms with Crippen LogP contribution < -0.4 is 5.32 Å². The molecule has 18 heavy (non-hydrogen) atoms. The van der Waals surface area contributed by atoms with Gasteiger partial charge in [-0.05, 0) is 51.7 Å². The van der Waals surface area contributed by atoms with Crippen LogP contribution in [0.3, 0.4) is 0 Å². The van der Waals surface area contributed by atoms with Crippen molar-refractivity contribution < 1.29 is 0 Å². The second-order valence-corrected chi connectivity index (χ2v) is 6.42. The summed E-state index contributed by atoms with van der Waals surface area (Å²) in [5.41, 5.74) is 0. The van der Waals surface area contributed by atoms with Crippen molar-refractivity contribution in [3.05, 3.63) is 0 Å². The highest BCUT2D eigenvalue weighted by Gasteiger charge is 2.29. The summed E-state index contributed by atoms with van der Waals surface area (Å²) in [6.07, 6.45) is 9.94. The lowest BCUT2D eigenvalue weighted by atomic mass is 10.1. The molecule has 0 aromatic heterocycles. The molecule has 1 unspecified atom stereocenters. The lowest BCUT2D eigenvalue weighted by Crippen LogP contribution is -2.50. The molecule has 2 saturated heterocycles. The fourth-order valence-corrected chi connectivity index (χ4v) is 4.00. The van der Waals surface area contributed by atoms with Crippen molar-refractivity contribution in [3.63, 3.8) is 0 Å². The molecular formula is C15H29N3. The molecule has 0 radical (unpaired) electrons. The van der Waals surface area contributed by atoms with Crippen LogP contribution in [0.1, 0.15) is 44.9 Å². The molecule has 1 saturated carbocycles. The van der Waals surface area contributed by atoms with Gasteiger partial charge in [0.2, 0.25) is 0 Å². The van der Waals surface area contributed by atoms with Gasteiger partial charge in [-0.25, -0.2) is 0 Å². The summed E-state index contributed by atoms with van der Waals surface area (Å²) < 4.78 is 0. The molecule has 3 aliphatic rings. The fourth-order valence-electron chi connectivity index (χ4n) is 4.00. The number of fused-ring (bicyclic) bond motifs is 1. The third kappa shape index (κ3) is 3.25. The molecule has 2 heterocycles. The van der Waals surface area contributed by atoms with Crippen molar-refractivity contribution in [2.45, 2.75) is 57.0 Å². The van der Waals surface area contributed by atoms with Gasteiger partial charge in [-0.1, -0.05) is 12.8 Å². The maximum Gasteiger partial charge on any atom is 0.0224 e. The largest absolute Gasteiger partial charge is 0.314 e. The number of piperazine rings is 1. The molecule has 1 aliphatic carbocycles. The van der Waals surface area contributed by atoms with E-state index in [9.17, 15) is 0 Å². The van der Waals surface area contributed by atoms with Crippen LogP contribution in [-0.4, -0.2) is 61.2 Å². The van der Waals surface area contributed by atoms with Gasteiger partial charge in [-0.2, -0.15) is 0 Å². The molecule has 3 heteroatoms. The Morgan fingerprint density at radius 2 is 1.83 bits per heavy atom. The zero-order valence-corrected chi connectivity index (χ0v) is 11.7. The van der Waals surface area contributed by atoms with Crippen LogP contribution in [0.2, 0.25) is 0 Å². The third-order valence-electron chi connectivity index (χ3n) is 5.11. The lowest BCUT2D eigenvalue weighted by Gasteiger charge is -2.37. The number of rotatable bonds is 5. The molecular weight excluding hydrogens is 222 g/mol. The monoisotopic (exact) mass is 251 g/mol. The van der Waals surface area contributed by atoms with Crippen LogP contribution in [0, 0.1) is 0 Å². The number of nitrogens with one attached hydrogen (secondary N) is 1. The van der Waals surface area contributed by atoms with E-state index in [4.69, 9.17) is 0 Å². The van der Waals surface area contributed by atoms with E-state index in [1.54, 1.807) is 0 Å². The summed E-state index contributed by atoms with van der Waals surface area (Å²) in [6.45, 7) is 7.87. The molecule has 1 N–H and O–H groups in total. The Kier molecular flexibility index (Phi) is 4.55. The van der Waals surface area contributed by atoms with Crippen molar-refractivity contribution in [1.29, 1.82) is 0 Å². The first-order chi connectivity index (χ1) is 8.92.